The number of hydrogen-bond donors (Lipinski definition) is 0. The van der Waals surface area contributed by atoms with Gasteiger partial charge < -0.3 is 0 Å². The van der Waals surface area contributed by atoms with E-state index in [1.807, 2.05) is 6.92 Å². The molecule has 0 atom stereocenters. The smallest absolute Gasteiger partial charge is 0.287 e. The standard InChI is InChI=1S/C14H10F3N5O/c1-7-3-5-9(6-4-7)11(23)10-8(2)22-13(20-19-10)18-12(21-22)14(15,16)17/h3-6H,1-2H3. The lowest BCUT2D eigenvalue weighted by molar-refractivity contribution is -0.144. The summed E-state index contributed by atoms with van der Waals surface area (Å²) in [4.78, 5) is 15.7. The number of aromatic nitrogens is 5. The Kier molecular flexibility index (Phi) is 3.35. The summed E-state index contributed by atoms with van der Waals surface area (Å²) in [5.41, 5.74) is 1.41. The van der Waals surface area contributed by atoms with Crippen LogP contribution in [-0.4, -0.2) is 30.6 Å². The fraction of sp³-hybridized carbons (Fsp3) is 0.214. The van der Waals surface area contributed by atoms with E-state index in [1.54, 1.807) is 24.3 Å². The molecule has 0 saturated heterocycles. The zero-order valence-electron chi connectivity index (χ0n) is 12.1. The van der Waals surface area contributed by atoms with Gasteiger partial charge in [-0.15, -0.1) is 15.3 Å². The number of hydrogen-bond acceptors (Lipinski definition) is 5. The van der Waals surface area contributed by atoms with Crippen LogP contribution in [0, 0.1) is 13.8 Å². The first-order valence-electron chi connectivity index (χ1n) is 6.56. The van der Waals surface area contributed by atoms with Crippen LogP contribution < -0.4 is 0 Å². The fourth-order valence-corrected chi connectivity index (χ4v) is 2.03. The molecule has 3 aromatic rings. The summed E-state index contributed by atoms with van der Waals surface area (Å²) < 4.78 is 38.9. The lowest BCUT2D eigenvalue weighted by Gasteiger charge is -2.04. The van der Waals surface area contributed by atoms with Gasteiger partial charge in [0.25, 0.3) is 11.6 Å². The van der Waals surface area contributed by atoms with Crippen molar-refractivity contribution in [2.24, 2.45) is 0 Å². The molecule has 6 nitrogen and oxygen atoms in total. The second-order valence-corrected chi connectivity index (χ2v) is 4.97. The molecule has 0 aliphatic carbocycles. The molecule has 2 aromatic heterocycles. The van der Waals surface area contributed by atoms with Crippen molar-refractivity contribution in [2.75, 3.05) is 0 Å². The Morgan fingerprint density at radius 3 is 2.35 bits per heavy atom. The molecule has 0 aliphatic heterocycles. The molecule has 0 fully saturated rings. The minimum absolute atomic E-state index is 0.0695. The van der Waals surface area contributed by atoms with Crippen molar-refractivity contribution in [3.05, 3.63) is 52.6 Å². The molecule has 2 heterocycles. The van der Waals surface area contributed by atoms with Gasteiger partial charge in [-0.3, -0.25) is 4.79 Å². The average molecular weight is 321 g/mol. The number of alkyl halides is 3. The van der Waals surface area contributed by atoms with Crippen molar-refractivity contribution in [3.63, 3.8) is 0 Å². The number of fused-ring (bicyclic) bond motifs is 1. The van der Waals surface area contributed by atoms with Crippen molar-refractivity contribution in [2.45, 2.75) is 20.0 Å². The highest BCUT2D eigenvalue weighted by Gasteiger charge is 2.37. The highest BCUT2D eigenvalue weighted by Crippen LogP contribution is 2.26. The molecular weight excluding hydrogens is 311 g/mol. The lowest BCUT2D eigenvalue weighted by atomic mass is 10.1. The first-order valence-corrected chi connectivity index (χ1v) is 6.56. The molecule has 1 aromatic carbocycles. The predicted octanol–water partition coefficient (Wildman–Crippen LogP) is 2.39. The molecular formula is C14H10F3N5O. The summed E-state index contributed by atoms with van der Waals surface area (Å²) in [7, 11) is 0. The monoisotopic (exact) mass is 321 g/mol. The number of ketones is 1. The number of carbonyl (C=O) groups is 1. The zero-order valence-corrected chi connectivity index (χ0v) is 12.1. The van der Waals surface area contributed by atoms with Gasteiger partial charge in [-0.05, 0) is 13.8 Å². The van der Waals surface area contributed by atoms with Crippen LogP contribution in [0.1, 0.15) is 33.1 Å². The molecule has 9 heteroatoms. The van der Waals surface area contributed by atoms with Crippen molar-refractivity contribution in [1.82, 2.24) is 24.8 Å². The second kappa shape index (κ2) is 5.11. The van der Waals surface area contributed by atoms with Gasteiger partial charge in [-0.25, -0.2) is 0 Å². The van der Waals surface area contributed by atoms with Crippen LogP contribution in [0.4, 0.5) is 13.2 Å². The molecule has 0 bridgehead atoms. The molecule has 0 N–H and O–H groups in total. The van der Waals surface area contributed by atoms with E-state index >= 15 is 0 Å². The summed E-state index contributed by atoms with van der Waals surface area (Å²) in [5.74, 6) is -2.08. The topological polar surface area (TPSA) is 73.0 Å². The maximum Gasteiger partial charge on any atom is 0.453 e. The largest absolute Gasteiger partial charge is 0.453 e. The molecule has 118 valence electrons. The van der Waals surface area contributed by atoms with E-state index in [2.05, 4.69) is 20.3 Å². The number of aryl methyl sites for hydroxylation is 2. The van der Waals surface area contributed by atoms with E-state index < -0.39 is 17.8 Å². The van der Waals surface area contributed by atoms with Crippen LogP contribution in [0.2, 0.25) is 0 Å². The molecule has 0 amide bonds. The van der Waals surface area contributed by atoms with Gasteiger partial charge in [0, 0.05) is 5.56 Å². The Bertz CT molecular complexity index is 899. The Hall–Kier alpha value is -2.84. The molecule has 0 aliphatic rings. The highest BCUT2D eigenvalue weighted by molar-refractivity contribution is 6.08. The number of halogens is 3. The van der Waals surface area contributed by atoms with Crippen molar-refractivity contribution >= 4 is 11.6 Å². The third-order valence-corrected chi connectivity index (χ3v) is 3.27. The summed E-state index contributed by atoms with van der Waals surface area (Å²) in [6, 6.07) is 6.74. The number of benzene rings is 1. The van der Waals surface area contributed by atoms with E-state index in [1.165, 1.54) is 6.92 Å². The molecule has 0 saturated carbocycles. The Morgan fingerprint density at radius 2 is 1.74 bits per heavy atom. The second-order valence-electron chi connectivity index (χ2n) is 4.97. The predicted molar refractivity (Wildman–Crippen MR) is 72.9 cm³/mol. The van der Waals surface area contributed by atoms with Gasteiger partial charge in [-0.1, -0.05) is 29.8 Å². The third-order valence-electron chi connectivity index (χ3n) is 3.27. The van der Waals surface area contributed by atoms with Crippen LogP contribution in [-0.2, 0) is 6.18 Å². The number of carbonyl (C=O) groups excluding carboxylic acids is 1. The average Bonchev–Trinajstić information content (AvgIpc) is 2.93. The van der Waals surface area contributed by atoms with Gasteiger partial charge in [0.1, 0.15) is 0 Å². The van der Waals surface area contributed by atoms with Crippen LogP contribution in [0.3, 0.4) is 0 Å². The van der Waals surface area contributed by atoms with Crippen molar-refractivity contribution in [1.29, 1.82) is 0 Å². The summed E-state index contributed by atoms with van der Waals surface area (Å²) in [6.45, 7) is 3.32. The summed E-state index contributed by atoms with van der Waals surface area (Å²) in [6.07, 6.45) is -4.69. The van der Waals surface area contributed by atoms with Crippen LogP contribution in [0.25, 0.3) is 5.78 Å². The maximum atomic E-state index is 12.7. The SMILES string of the molecule is Cc1ccc(C(=O)c2nnc3nc(C(F)(F)F)nn3c2C)cc1. The fourth-order valence-electron chi connectivity index (χ4n) is 2.03. The molecule has 3 rings (SSSR count). The van der Waals surface area contributed by atoms with E-state index in [-0.39, 0.29) is 17.2 Å². The summed E-state index contributed by atoms with van der Waals surface area (Å²) >= 11 is 0. The highest BCUT2D eigenvalue weighted by atomic mass is 19.4. The van der Waals surface area contributed by atoms with Gasteiger partial charge in [0.05, 0.1) is 5.69 Å². The zero-order chi connectivity index (χ0) is 16.8. The Labute approximate surface area is 128 Å². The van der Waals surface area contributed by atoms with E-state index in [4.69, 9.17) is 0 Å². The van der Waals surface area contributed by atoms with Crippen molar-refractivity contribution in [3.8, 4) is 0 Å². The Morgan fingerprint density at radius 1 is 1.09 bits per heavy atom. The first-order chi connectivity index (χ1) is 10.8. The Balaban J connectivity index is 2.10. The molecule has 0 unspecified atom stereocenters. The van der Waals surface area contributed by atoms with Crippen LogP contribution in [0.5, 0.6) is 0 Å². The number of rotatable bonds is 2. The minimum atomic E-state index is -4.69. The molecule has 0 spiro atoms. The van der Waals surface area contributed by atoms with E-state index in [9.17, 15) is 18.0 Å². The minimum Gasteiger partial charge on any atom is -0.287 e. The van der Waals surface area contributed by atoms with Crippen molar-refractivity contribution < 1.29 is 18.0 Å². The van der Waals surface area contributed by atoms with E-state index in [0.717, 1.165) is 10.1 Å². The first kappa shape index (κ1) is 15.1. The van der Waals surface area contributed by atoms with E-state index in [0.29, 0.717) is 5.56 Å². The normalized spacial score (nSPS) is 11.9. The lowest BCUT2D eigenvalue weighted by Crippen LogP contribution is -2.13. The van der Waals surface area contributed by atoms with Gasteiger partial charge >= 0.3 is 6.18 Å². The third kappa shape index (κ3) is 2.65. The van der Waals surface area contributed by atoms with Gasteiger partial charge in [0.15, 0.2) is 5.69 Å². The van der Waals surface area contributed by atoms with Crippen LogP contribution in [0.15, 0.2) is 24.3 Å². The molecule has 23 heavy (non-hydrogen) atoms. The van der Waals surface area contributed by atoms with Crippen LogP contribution >= 0.6 is 0 Å². The number of nitrogens with zero attached hydrogens (tertiary/aromatic N) is 5. The van der Waals surface area contributed by atoms with Gasteiger partial charge in [0.2, 0.25) is 5.78 Å². The van der Waals surface area contributed by atoms with Gasteiger partial charge in [-0.2, -0.15) is 22.7 Å². The quantitative estimate of drug-likeness (QED) is 0.678. The molecule has 0 radical (unpaired) electrons. The maximum absolute atomic E-state index is 12.7. The summed E-state index contributed by atoms with van der Waals surface area (Å²) in [5, 5.41) is 10.6.